The molecule has 1 saturated carbocycles. The Bertz CT molecular complexity index is 1220. The molecular formula is C23H33N7O2S. The molecule has 1 aliphatic carbocycles. The van der Waals surface area contributed by atoms with Crippen molar-refractivity contribution in [3.8, 4) is 0 Å². The molecule has 0 saturated heterocycles. The van der Waals surface area contributed by atoms with Crippen LogP contribution in [0.2, 0.25) is 0 Å². The van der Waals surface area contributed by atoms with Gasteiger partial charge < -0.3 is 16.4 Å². The normalized spacial score (nSPS) is 19.4. The van der Waals surface area contributed by atoms with Gasteiger partial charge in [0, 0.05) is 43.5 Å². The summed E-state index contributed by atoms with van der Waals surface area (Å²) in [7, 11) is -0.440. The van der Waals surface area contributed by atoms with Gasteiger partial charge in [0.05, 0.1) is 11.1 Å². The van der Waals surface area contributed by atoms with E-state index in [-0.39, 0.29) is 22.9 Å². The number of fused-ring (bicyclic) bond motifs is 1. The molecule has 0 spiro atoms. The lowest BCUT2D eigenvalue weighted by Gasteiger charge is -2.30. The first-order valence-corrected chi connectivity index (χ1v) is 12.8. The van der Waals surface area contributed by atoms with Crippen molar-refractivity contribution in [3.63, 3.8) is 0 Å². The van der Waals surface area contributed by atoms with Crippen molar-refractivity contribution >= 4 is 33.0 Å². The zero-order valence-electron chi connectivity index (χ0n) is 19.6. The molecule has 4 rings (SSSR count). The summed E-state index contributed by atoms with van der Waals surface area (Å²) in [6.07, 6.45) is 6.20. The molecular weight excluding hydrogens is 438 g/mol. The maximum atomic E-state index is 12.4. The molecule has 2 heterocycles. The first-order valence-electron chi connectivity index (χ1n) is 11.4. The Kier molecular flexibility index (Phi) is 6.60. The molecule has 2 atom stereocenters. The zero-order chi connectivity index (χ0) is 23.8. The lowest BCUT2D eigenvalue weighted by atomic mass is 9.91. The van der Waals surface area contributed by atoms with Gasteiger partial charge in [0.25, 0.3) is 0 Å². The van der Waals surface area contributed by atoms with Crippen LogP contribution in [0.15, 0.2) is 41.4 Å². The van der Waals surface area contributed by atoms with Gasteiger partial charge >= 0.3 is 0 Å². The standard InChI is InChI=1S/C23H33N7O2S/c1-15(2)18-14-25-30-22(26-16-9-11-17(12-10-16)33(31,32)29(3)4)13-21(28-23(18)30)27-20-8-6-5-7-19(20)24/h9-15,19-20,26H,5-8,24H2,1-4H3,(H,27,28)/t19-,20+/m1/s1. The van der Waals surface area contributed by atoms with E-state index in [0.29, 0.717) is 0 Å². The summed E-state index contributed by atoms with van der Waals surface area (Å²) in [4.78, 5) is 5.11. The topological polar surface area (TPSA) is 118 Å². The minimum Gasteiger partial charge on any atom is -0.366 e. The van der Waals surface area contributed by atoms with E-state index in [9.17, 15) is 8.42 Å². The summed E-state index contributed by atoms with van der Waals surface area (Å²) in [6, 6.07) is 8.91. The lowest BCUT2D eigenvalue weighted by molar-refractivity contribution is 0.403. The molecule has 1 aliphatic rings. The summed E-state index contributed by atoms with van der Waals surface area (Å²) < 4.78 is 27.7. The summed E-state index contributed by atoms with van der Waals surface area (Å²) in [5.41, 5.74) is 8.95. The van der Waals surface area contributed by atoms with Crippen LogP contribution in [0.4, 0.5) is 17.3 Å². The molecule has 2 aromatic heterocycles. The predicted octanol–water partition coefficient (Wildman–Crippen LogP) is 3.53. The quantitative estimate of drug-likeness (QED) is 0.482. The van der Waals surface area contributed by atoms with Gasteiger partial charge in [-0.3, -0.25) is 0 Å². The van der Waals surface area contributed by atoms with Crippen molar-refractivity contribution in [2.75, 3.05) is 24.7 Å². The van der Waals surface area contributed by atoms with E-state index in [1.165, 1.54) is 18.4 Å². The highest BCUT2D eigenvalue weighted by Crippen LogP contribution is 2.28. The predicted molar refractivity (Wildman–Crippen MR) is 132 cm³/mol. The van der Waals surface area contributed by atoms with Gasteiger partial charge in [-0.05, 0) is 43.0 Å². The van der Waals surface area contributed by atoms with Crippen LogP contribution < -0.4 is 16.4 Å². The molecule has 178 valence electrons. The SMILES string of the molecule is CC(C)c1cnn2c(Nc3ccc(S(=O)(=O)N(C)C)cc3)cc(N[C@H]3CCCC[C@H]3N)nc12. The Morgan fingerprint density at radius 2 is 1.85 bits per heavy atom. The van der Waals surface area contributed by atoms with Crippen LogP contribution in [0.5, 0.6) is 0 Å². The largest absolute Gasteiger partial charge is 0.366 e. The van der Waals surface area contributed by atoms with Crippen LogP contribution in [0, 0.1) is 0 Å². The second-order valence-corrected chi connectivity index (χ2v) is 11.3. The van der Waals surface area contributed by atoms with E-state index >= 15 is 0 Å². The third-order valence-corrected chi connectivity index (χ3v) is 8.01. The average molecular weight is 472 g/mol. The molecule has 33 heavy (non-hydrogen) atoms. The first kappa shape index (κ1) is 23.5. The Morgan fingerprint density at radius 1 is 1.15 bits per heavy atom. The van der Waals surface area contributed by atoms with Crippen molar-refractivity contribution in [3.05, 3.63) is 42.1 Å². The Balaban J connectivity index is 1.68. The average Bonchev–Trinajstić information content (AvgIpc) is 3.20. The number of hydrogen-bond acceptors (Lipinski definition) is 7. The molecule has 10 heteroatoms. The number of aromatic nitrogens is 3. The van der Waals surface area contributed by atoms with E-state index < -0.39 is 10.0 Å². The highest BCUT2D eigenvalue weighted by molar-refractivity contribution is 7.89. The van der Waals surface area contributed by atoms with Crippen molar-refractivity contribution in [2.45, 2.75) is 62.4 Å². The zero-order valence-corrected chi connectivity index (χ0v) is 20.4. The van der Waals surface area contributed by atoms with Crippen LogP contribution in [0.25, 0.3) is 5.65 Å². The van der Waals surface area contributed by atoms with Gasteiger partial charge in [-0.2, -0.15) is 9.61 Å². The van der Waals surface area contributed by atoms with Gasteiger partial charge in [-0.15, -0.1) is 0 Å². The van der Waals surface area contributed by atoms with Gasteiger partial charge in [0.15, 0.2) is 5.65 Å². The number of sulfonamides is 1. The fourth-order valence-electron chi connectivity index (χ4n) is 4.15. The number of benzene rings is 1. The van der Waals surface area contributed by atoms with Crippen molar-refractivity contribution < 1.29 is 8.42 Å². The molecule has 0 bridgehead atoms. The Labute approximate surface area is 195 Å². The lowest BCUT2D eigenvalue weighted by Crippen LogP contribution is -2.42. The van der Waals surface area contributed by atoms with Crippen LogP contribution in [-0.2, 0) is 10.0 Å². The highest BCUT2D eigenvalue weighted by atomic mass is 32.2. The Hall–Kier alpha value is -2.69. The smallest absolute Gasteiger partial charge is 0.242 e. The molecule has 9 nitrogen and oxygen atoms in total. The number of nitrogens with one attached hydrogen (secondary N) is 2. The minimum absolute atomic E-state index is 0.105. The summed E-state index contributed by atoms with van der Waals surface area (Å²) in [6.45, 7) is 4.24. The van der Waals surface area contributed by atoms with E-state index in [2.05, 4.69) is 29.6 Å². The molecule has 0 aliphatic heterocycles. The number of hydrogen-bond donors (Lipinski definition) is 3. The summed E-state index contributed by atoms with van der Waals surface area (Å²) in [5.74, 6) is 1.76. The number of anilines is 3. The maximum absolute atomic E-state index is 12.4. The van der Waals surface area contributed by atoms with E-state index in [1.54, 1.807) is 28.8 Å². The molecule has 0 unspecified atom stereocenters. The molecule has 4 N–H and O–H groups in total. The van der Waals surface area contributed by atoms with Crippen molar-refractivity contribution in [2.24, 2.45) is 5.73 Å². The molecule has 0 radical (unpaired) electrons. The fourth-order valence-corrected chi connectivity index (χ4v) is 5.05. The second-order valence-electron chi connectivity index (χ2n) is 9.15. The van der Waals surface area contributed by atoms with Gasteiger partial charge in [0.2, 0.25) is 10.0 Å². The molecule has 1 aromatic carbocycles. The van der Waals surface area contributed by atoms with Gasteiger partial charge in [-0.25, -0.2) is 17.7 Å². The Morgan fingerprint density at radius 3 is 2.48 bits per heavy atom. The minimum atomic E-state index is -3.48. The van der Waals surface area contributed by atoms with Crippen LogP contribution >= 0.6 is 0 Å². The van der Waals surface area contributed by atoms with Crippen molar-refractivity contribution in [1.82, 2.24) is 18.9 Å². The maximum Gasteiger partial charge on any atom is 0.242 e. The fraction of sp³-hybridized carbons (Fsp3) is 0.478. The van der Waals surface area contributed by atoms with Crippen LogP contribution in [-0.4, -0.2) is 53.5 Å². The van der Waals surface area contributed by atoms with Gasteiger partial charge in [-0.1, -0.05) is 26.7 Å². The van der Waals surface area contributed by atoms with E-state index in [1.807, 2.05) is 12.3 Å². The third kappa shape index (κ3) is 4.83. The number of nitrogens with zero attached hydrogens (tertiary/aromatic N) is 4. The second kappa shape index (κ2) is 9.28. The van der Waals surface area contributed by atoms with E-state index in [0.717, 1.165) is 54.2 Å². The summed E-state index contributed by atoms with van der Waals surface area (Å²) >= 11 is 0. The summed E-state index contributed by atoms with van der Waals surface area (Å²) in [5, 5.41) is 11.5. The highest BCUT2D eigenvalue weighted by Gasteiger charge is 2.23. The van der Waals surface area contributed by atoms with Crippen molar-refractivity contribution in [1.29, 1.82) is 0 Å². The van der Waals surface area contributed by atoms with Gasteiger partial charge in [0.1, 0.15) is 11.6 Å². The molecule has 1 fully saturated rings. The third-order valence-electron chi connectivity index (χ3n) is 6.18. The number of rotatable bonds is 7. The molecule has 0 amide bonds. The number of nitrogens with two attached hydrogens (primary N) is 1. The van der Waals surface area contributed by atoms with Crippen LogP contribution in [0.1, 0.15) is 51.0 Å². The molecule has 3 aromatic rings. The van der Waals surface area contributed by atoms with Crippen LogP contribution in [0.3, 0.4) is 0 Å². The monoisotopic (exact) mass is 471 g/mol. The van der Waals surface area contributed by atoms with E-state index in [4.69, 9.17) is 10.7 Å². The first-order chi connectivity index (χ1) is 15.7.